The maximum absolute atomic E-state index is 5.69. The summed E-state index contributed by atoms with van der Waals surface area (Å²) in [4.78, 5) is 4.32. The zero-order valence-corrected chi connectivity index (χ0v) is 11.5. The van der Waals surface area contributed by atoms with Crippen LogP contribution in [0.25, 0.3) is 0 Å². The van der Waals surface area contributed by atoms with E-state index in [-0.39, 0.29) is 6.04 Å². The van der Waals surface area contributed by atoms with Crippen molar-refractivity contribution in [2.75, 3.05) is 7.11 Å². The van der Waals surface area contributed by atoms with Gasteiger partial charge in [-0.25, -0.2) is 10.4 Å². The second-order valence-corrected chi connectivity index (χ2v) is 4.93. The number of thiazole rings is 1. The lowest BCUT2D eigenvalue weighted by Gasteiger charge is -2.20. The lowest BCUT2D eigenvalue weighted by atomic mass is 9.96. The number of hydrogen-bond donors (Lipinski definition) is 2. The molecular formula is C13H17N3OS. The van der Waals surface area contributed by atoms with Crippen LogP contribution in [0.4, 0.5) is 0 Å². The lowest BCUT2D eigenvalue weighted by Crippen LogP contribution is -2.30. The number of aromatic nitrogens is 1. The zero-order valence-electron chi connectivity index (χ0n) is 10.7. The molecule has 0 spiro atoms. The Labute approximate surface area is 111 Å². The molecule has 0 fully saturated rings. The maximum atomic E-state index is 5.69. The Morgan fingerprint density at radius 1 is 1.39 bits per heavy atom. The highest BCUT2D eigenvalue weighted by Gasteiger charge is 2.21. The summed E-state index contributed by atoms with van der Waals surface area (Å²) in [5.74, 6) is 6.52. The number of benzene rings is 1. The largest absolute Gasteiger partial charge is 0.496 e. The van der Waals surface area contributed by atoms with Crippen molar-refractivity contribution in [2.45, 2.75) is 19.9 Å². The van der Waals surface area contributed by atoms with Crippen LogP contribution in [0.2, 0.25) is 0 Å². The van der Waals surface area contributed by atoms with E-state index in [1.54, 1.807) is 24.0 Å². The van der Waals surface area contributed by atoms with E-state index in [1.807, 2.05) is 18.4 Å². The summed E-state index contributed by atoms with van der Waals surface area (Å²) in [7, 11) is 1.67. The first-order chi connectivity index (χ1) is 8.67. The van der Waals surface area contributed by atoms with Crippen molar-refractivity contribution in [1.29, 1.82) is 0 Å². The Bertz CT molecular complexity index is 525. The minimum atomic E-state index is -0.146. The Balaban J connectivity index is 2.55. The average Bonchev–Trinajstić information content (AvgIpc) is 2.85. The third kappa shape index (κ3) is 2.38. The molecule has 0 saturated heterocycles. The van der Waals surface area contributed by atoms with Crippen LogP contribution in [0.15, 0.2) is 23.0 Å². The molecule has 1 heterocycles. The molecule has 5 heteroatoms. The van der Waals surface area contributed by atoms with Crippen molar-refractivity contribution in [2.24, 2.45) is 5.84 Å². The minimum absolute atomic E-state index is 0.146. The third-order valence-corrected chi connectivity index (χ3v) is 3.52. The predicted octanol–water partition coefficient (Wildman–Crippen LogP) is 2.32. The Morgan fingerprint density at radius 3 is 2.72 bits per heavy atom. The second-order valence-electron chi connectivity index (χ2n) is 4.21. The van der Waals surface area contributed by atoms with Crippen LogP contribution in [-0.2, 0) is 0 Å². The smallest absolute Gasteiger partial charge is 0.124 e. The van der Waals surface area contributed by atoms with Crippen LogP contribution in [0.5, 0.6) is 5.75 Å². The van der Waals surface area contributed by atoms with Crippen molar-refractivity contribution in [3.8, 4) is 5.75 Å². The van der Waals surface area contributed by atoms with Crippen molar-refractivity contribution < 1.29 is 4.74 Å². The first-order valence-corrected chi connectivity index (χ1v) is 6.61. The number of nitrogens with one attached hydrogen (secondary N) is 1. The van der Waals surface area contributed by atoms with Crippen molar-refractivity contribution in [3.05, 3.63) is 45.4 Å². The van der Waals surface area contributed by atoms with E-state index in [0.29, 0.717) is 0 Å². The molecule has 3 N–H and O–H groups in total. The van der Waals surface area contributed by atoms with Crippen LogP contribution in [-0.4, -0.2) is 12.1 Å². The van der Waals surface area contributed by atoms with Gasteiger partial charge >= 0.3 is 0 Å². The molecule has 1 aromatic carbocycles. The van der Waals surface area contributed by atoms with Gasteiger partial charge in [0.05, 0.1) is 24.4 Å². The SMILES string of the molecule is COc1cc(C)cc(C)c1C(NN)c1cscn1. The van der Waals surface area contributed by atoms with Crippen molar-refractivity contribution in [3.63, 3.8) is 0 Å². The molecular weight excluding hydrogens is 246 g/mol. The number of rotatable bonds is 4. The lowest BCUT2D eigenvalue weighted by molar-refractivity contribution is 0.403. The highest BCUT2D eigenvalue weighted by Crippen LogP contribution is 2.33. The molecule has 0 radical (unpaired) electrons. The van der Waals surface area contributed by atoms with Gasteiger partial charge in [-0.15, -0.1) is 11.3 Å². The highest BCUT2D eigenvalue weighted by molar-refractivity contribution is 7.07. The summed E-state index contributed by atoms with van der Waals surface area (Å²) in [6, 6.07) is 3.99. The molecule has 18 heavy (non-hydrogen) atoms. The van der Waals surface area contributed by atoms with E-state index in [9.17, 15) is 0 Å². The number of methoxy groups -OCH3 is 1. The molecule has 2 rings (SSSR count). The molecule has 2 aromatic rings. The normalized spacial score (nSPS) is 12.4. The van der Waals surface area contributed by atoms with Crippen LogP contribution in [0, 0.1) is 13.8 Å². The molecule has 0 bridgehead atoms. The zero-order chi connectivity index (χ0) is 13.1. The van der Waals surface area contributed by atoms with E-state index in [4.69, 9.17) is 10.6 Å². The number of nitrogens with two attached hydrogens (primary N) is 1. The number of nitrogens with zero attached hydrogens (tertiary/aromatic N) is 1. The number of hydrogen-bond acceptors (Lipinski definition) is 5. The summed E-state index contributed by atoms with van der Waals surface area (Å²) in [6.07, 6.45) is 0. The molecule has 0 aliphatic rings. The van der Waals surface area contributed by atoms with E-state index in [1.165, 1.54) is 5.56 Å². The molecule has 1 atom stereocenters. The number of ether oxygens (including phenoxy) is 1. The first-order valence-electron chi connectivity index (χ1n) is 5.66. The van der Waals surface area contributed by atoms with Gasteiger partial charge < -0.3 is 4.74 Å². The third-order valence-electron chi connectivity index (χ3n) is 2.92. The molecule has 0 aliphatic heterocycles. The van der Waals surface area contributed by atoms with Gasteiger partial charge in [-0.05, 0) is 31.0 Å². The van der Waals surface area contributed by atoms with E-state index >= 15 is 0 Å². The first kappa shape index (κ1) is 13.0. The molecule has 1 aromatic heterocycles. The Kier molecular flexibility index (Phi) is 3.96. The van der Waals surface area contributed by atoms with Gasteiger partial charge in [-0.3, -0.25) is 5.84 Å². The summed E-state index contributed by atoms with van der Waals surface area (Å²) >= 11 is 1.55. The average molecular weight is 263 g/mol. The molecule has 0 saturated carbocycles. The summed E-state index contributed by atoms with van der Waals surface area (Å²) in [5, 5.41) is 1.99. The number of aryl methyl sites for hydroxylation is 2. The van der Waals surface area contributed by atoms with Gasteiger partial charge in [0.25, 0.3) is 0 Å². The molecule has 0 amide bonds. The van der Waals surface area contributed by atoms with Gasteiger partial charge in [-0.1, -0.05) is 6.07 Å². The van der Waals surface area contributed by atoms with Crippen LogP contribution in [0.1, 0.15) is 28.4 Å². The predicted molar refractivity (Wildman–Crippen MR) is 73.7 cm³/mol. The Hall–Kier alpha value is -1.43. The fraction of sp³-hybridized carbons (Fsp3) is 0.308. The van der Waals surface area contributed by atoms with Gasteiger partial charge in [0.1, 0.15) is 5.75 Å². The standard InChI is InChI=1S/C13H17N3OS/c1-8-4-9(2)12(11(5-8)17-3)13(16-14)10-6-18-7-15-10/h4-7,13,16H,14H2,1-3H3. The van der Waals surface area contributed by atoms with Crippen LogP contribution < -0.4 is 16.0 Å². The Morgan fingerprint density at radius 2 is 2.17 bits per heavy atom. The van der Waals surface area contributed by atoms with E-state index < -0.39 is 0 Å². The van der Waals surface area contributed by atoms with E-state index in [2.05, 4.69) is 23.4 Å². The quantitative estimate of drug-likeness (QED) is 0.656. The van der Waals surface area contributed by atoms with Crippen LogP contribution >= 0.6 is 11.3 Å². The summed E-state index contributed by atoms with van der Waals surface area (Å²) in [6.45, 7) is 4.11. The van der Waals surface area contributed by atoms with Crippen molar-refractivity contribution in [1.82, 2.24) is 10.4 Å². The second kappa shape index (κ2) is 5.48. The van der Waals surface area contributed by atoms with Gasteiger partial charge in [-0.2, -0.15) is 0 Å². The molecule has 96 valence electrons. The molecule has 4 nitrogen and oxygen atoms in total. The van der Waals surface area contributed by atoms with E-state index in [0.717, 1.165) is 22.6 Å². The highest BCUT2D eigenvalue weighted by atomic mass is 32.1. The fourth-order valence-corrected chi connectivity index (χ4v) is 2.74. The summed E-state index contributed by atoms with van der Waals surface area (Å²) in [5.41, 5.74) is 8.88. The molecule has 0 aliphatic carbocycles. The number of hydrazine groups is 1. The topological polar surface area (TPSA) is 60.2 Å². The van der Waals surface area contributed by atoms with Gasteiger partial charge in [0.2, 0.25) is 0 Å². The maximum Gasteiger partial charge on any atom is 0.124 e. The van der Waals surface area contributed by atoms with Crippen molar-refractivity contribution >= 4 is 11.3 Å². The van der Waals surface area contributed by atoms with Gasteiger partial charge in [0.15, 0.2) is 0 Å². The monoisotopic (exact) mass is 263 g/mol. The molecule has 1 unspecified atom stereocenters. The summed E-state index contributed by atoms with van der Waals surface area (Å²) < 4.78 is 5.47. The minimum Gasteiger partial charge on any atom is -0.496 e. The van der Waals surface area contributed by atoms with Gasteiger partial charge in [0, 0.05) is 10.9 Å². The van der Waals surface area contributed by atoms with Crippen LogP contribution in [0.3, 0.4) is 0 Å². The fourth-order valence-electron chi connectivity index (χ4n) is 2.16.